The van der Waals surface area contributed by atoms with Gasteiger partial charge in [-0.25, -0.2) is 14.8 Å². The van der Waals surface area contributed by atoms with E-state index in [1.165, 1.54) is 24.5 Å². The molecule has 2 fully saturated rings. The Labute approximate surface area is 247 Å². The van der Waals surface area contributed by atoms with Crippen LogP contribution in [0.15, 0.2) is 35.0 Å². The Morgan fingerprint density at radius 1 is 1.05 bits per heavy atom. The second kappa shape index (κ2) is 12.0. The molecule has 13 heteroatoms. The third-order valence-electron chi connectivity index (χ3n) is 7.22. The van der Waals surface area contributed by atoms with Crippen LogP contribution in [0.4, 0.5) is 22.0 Å². The predicted octanol–water partition coefficient (Wildman–Crippen LogP) is 5.60. The fourth-order valence-electron chi connectivity index (χ4n) is 5.30. The first-order valence-electron chi connectivity index (χ1n) is 13.9. The van der Waals surface area contributed by atoms with E-state index in [1.54, 1.807) is 26.8 Å². The normalized spacial score (nSPS) is 19.0. The van der Waals surface area contributed by atoms with Gasteiger partial charge in [-0.3, -0.25) is 19.7 Å². The summed E-state index contributed by atoms with van der Waals surface area (Å²) in [5, 5.41) is 8.52. The van der Waals surface area contributed by atoms with E-state index in [9.17, 15) is 19.2 Å². The second-order valence-electron chi connectivity index (χ2n) is 11.5. The van der Waals surface area contributed by atoms with Crippen LogP contribution >= 0.6 is 11.6 Å². The Bertz CT molecular complexity index is 1510. The molecule has 0 atom stereocenters. The average Bonchev–Trinajstić information content (AvgIpc) is 3.52. The van der Waals surface area contributed by atoms with Crippen molar-refractivity contribution in [2.24, 2.45) is 5.92 Å². The highest BCUT2D eigenvalue weighted by molar-refractivity contribution is 6.30. The Hall–Kier alpha value is -4.19. The zero-order valence-electron chi connectivity index (χ0n) is 23.7. The molecule has 2 aliphatic rings. The van der Waals surface area contributed by atoms with Crippen LogP contribution in [0.5, 0.6) is 0 Å². The number of nitrogens with one attached hydrogen (secondary N) is 3. The molecule has 1 aliphatic carbocycles. The third kappa shape index (κ3) is 6.81. The van der Waals surface area contributed by atoms with Gasteiger partial charge in [-0.15, -0.1) is 0 Å². The van der Waals surface area contributed by atoms with Crippen molar-refractivity contribution in [2.75, 3.05) is 22.5 Å². The molecule has 42 heavy (non-hydrogen) atoms. The maximum absolute atomic E-state index is 13.4. The fourth-order valence-corrected chi connectivity index (χ4v) is 5.41. The van der Waals surface area contributed by atoms with E-state index in [1.807, 2.05) is 4.90 Å². The number of hydrogen-bond acceptors (Lipinski definition) is 8. The van der Waals surface area contributed by atoms with Crippen molar-refractivity contribution < 1.29 is 28.3 Å². The van der Waals surface area contributed by atoms with Crippen LogP contribution in [0.1, 0.15) is 69.9 Å². The molecule has 0 radical (unpaired) electrons. The first kappa shape index (κ1) is 29.3. The van der Waals surface area contributed by atoms with E-state index < -0.39 is 17.6 Å². The summed E-state index contributed by atoms with van der Waals surface area (Å²) in [4.78, 5) is 61.6. The first-order chi connectivity index (χ1) is 20.0. The van der Waals surface area contributed by atoms with Crippen LogP contribution in [-0.4, -0.2) is 56.9 Å². The van der Waals surface area contributed by atoms with Crippen LogP contribution < -0.4 is 16.0 Å². The summed E-state index contributed by atoms with van der Waals surface area (Å²) in [6.07, 6.45) is 6.28. The number of hydrogen-bond donors (Lipinski definition) is 3. The number of carbonyl (C=O) groups is 4. The van der Waals surface area contributed by atoms with Gasteiger partial charge in [0, 0.05) is 37.2 Å². The largest absolute Gasteiger partial charge is 0.447 e. The van der Waals surface area contributed by atoms with Crippen molar-refractivity contribution in [3.63, 3.8) is 0 Å². The first-order valence-corrected chi connectivity index (χ1v) is 14.3. The van der Waals surface area contributed by atoms with Gasteiger partial charge in [0.15, 0.2) is 5.58 Å². The van der Waals surface area contributed by atoms with E-state index in [-0.39, 0.29) is 57.8 Å². The highest BCUT2D eigenvalue weighted by Crippen LogP contribution is 2.35. The molecule has 4 heterocycles. The maximum Gasteiger partial charge on any atom is 0.412 e. The number of furan rings is 1. The monoisotopic (exact) mass is 596 g/mol. The molecule has 5 rings (SSSR count). The maximum atomic E-state index is 13.4. The summed E-state index contributed by atoms with van der Waals surface area (Å²) in [5.74, 6) is -0.974. The van der Waals surface area contributed by atoms with Gasteiger partial charge in [0.1, 0.15) is 22.6 Å². The summed E-state index contributed by atoms with van der Waals surface area (Å²) < 4.78 is 11.2. The van der Waals surface area contributed by atoms with Gasteiger partial charge < -0.3 is 24.7 Å². The fraction of sp³-hybridized carbons (Fsp3) is 0.448. The number of carbonyl (C=O) groups excluding carboxylic acids is 4. The predicted molar refractivity (Wildman–Crippen MR) is 156 cm³/mol. The molecular weight excluding hydrogens is 564 g/mol. The van der Waals surface area contributed by atoms with Crippen molar-refractivity contribution in [3.05, 3.63) is 41.4 Å². The Morgan fingerprint density at radius 3 is 2.45 bits per heavy atom. The molecule has 4 amide bonds. The average molecular weight is 597 g/mol. The van der Waals surface area contributed by atoms with Crippen LogP contribution in [0.2, 0.25) is 5.02 Å². The standard InChI is InChI=1S/C29H33ClN6O6/c1-29(2,3)42-28(40)33-18-13-20-23(32-15-18)24(25(41-20)27(39)34-21-11-8-17(30)14-31-21)35-26(38)16-6-9-19(10-7-16)36-12-4-5-22(36)37/h8,11,13-16,19H,4-7,9-10,12H2,1-3H3,(H,33,40)(H,35,38)(H,31,34,39). The number of pyridine rings is 2. The van der Waals surface area contributed by atoms with Gasteiger partial charge in [-0.05, 0) is 65.0 Å². The van der Waals surface area contributed by atoms with Crippen LogP contribution in [-0.2, 0) is 14.3 Å². The lowest BCUT2D eigenvalue weighted by Crippen LogP contribution is -2.40. The molecule has 3 aromatic rings. The molecule has 1 saturated carbocycles. The molecule has 0 aromatic carbocycles. The van der Waals surface area contributed by atoms with Crippen LogP contribution in [0, 0.1) is 5.92 Å². The van der Waals surface area contributed by atoms with Crippen molar-refractivity contribution in [2.45, 2.75) is 70.9 Å². The SMILES string of the molecule is CC(C)(C)OC(=O)Nc1cnc2c(NC(=O)C3CCC(N4CCCC4=O)CC3)c(C(=O)Nc3ccc(Cl)cn3)oc2c1. The van der Waals surface area contributed by atoms with Crippen molar-refractivity contribution >= 4 is 63.7 Å². The summed E-state index contributed by atoms with van der Waals surface area (Å²) in [5.41, 5.74) is 0.105. The zero-order chi connectivity index (χ0) is 30.0. The van der Waals surface area contributed by atoms with Crippen LogP contribution in [0.25, 0.3) is 11.1 Å². The van der Waals surface area contributed by atoms with Crippen molar-refractivity contribution in [3.8, 4) is 0 Å². The van der Waals surface area contributed by atoms with Crippen molar-refractivity contribution in [1.82, 2.24) is 14.9 Å². The van der Waals surface area contributed by atoms with Gasteiger partial charge in [0.05, 0.1) is 16.9 Å². The minimum absolute atomic E-state index is 0.113. The highest BCUT2D eigenvalue weighted by Gasteiger charge is 2.34. The molecule has 0 bridgehead atoms. The quantitative estimate of drug-likeness (QED) is 0.332. The summed E-state index contributed by atoms with van der Waals surface area (Å²) >= 11 is 5.91. The number of anilines is 3. The van der Waals surface area contributed by atoms with E-state index >= 15 is 0 Å². The topological polar surface area (TPSA) is 156 Å². The van der Waals surface area contributed by atoms with E-state index in [4.69, 9.17) is 20.8 Å². The number of amides is 4. The van der Waals surface area contributed by atoms with Crippen LogP contribution in [0.3, 0.4) is 0 Å². The highest BCUT2D eigenvalue weighted by atomic mass is 35.5. The van der Waals surface area contributed by atoms with E-state index in [2.05, 4.69) is 25.9 Å². The minimum atomic E-state index is -0.701. The smallest absolute Gasteiger partial charge is 0.412 e. The number of halogens is 1. The number of aromatic nitrogens is 2. The molecule has 1 aliphatic heterocycles. The van der Waals surface area contributed by atoms with Gasteiger partial charge in [-0.2, -0.15) is 0 Å². The minimum Gasteiger partial charge on any atom is -0.447 e. The van der Waals surface area contributed by atoms with Gasteiger partial charge in [-0.1, -0.05) is 11.6 Å². The van der Waals surface area contributed by atoms with Crippen molar-refractivity contribution in [1.29, 1.82) is 0 Å². The number of likely N-dealkylation sites (tertiary alicyclic amines) is 1. The van der Waals surface area contributed by atoms with Gasteiger partial charge in [0.2, 0.25) is 17.6 Å². The second-order valence-corrected chi connectivity index (χ2v) is 11.9. The molecule has 12 nitrogen and oxygen atoms in total. The lowest BCUT2D eigenvalue weighted by atomic mass is 9.84. The van der Waals surface area contributed by atoms with E-state index in [0.29, 0.717) is 24.3 Å². The van der Waals surface area contributed by atoms with Gasteiger partial charge >= 0.3 is 6.09 Å². The summed E-state index contributed by atoms with van der Waals surface area (Å²) in [6, 6.07) is 4.77. The summed E-state index contributed by atoms with van der Waals surface area (Å²) in [7, 11) is 0. The lowest BCUT2D eigenvalue weighted by Gasteiger charge is -2.34. The molecule has 222 valence electrons. The number of nitrogens with zero attached hydrogens (tertiary/aromatic N) is 3. The Morgan fingerprint density at radius 2 is 1.81 bits per heavy atom. The lowest BCUT2D eigenvalue weighted by molar-refractivity contribution is -0.130. The molecule has 0 spiro atoms. The molecule has 0 unspecified atom stereocenters. The number of ether oxygens (including phenoxy) is 1. The zero-order valence-corrected chi connectivity index (χ0v) is 24.4. The molecule has 3 N–H and O–H groups in total. The Balaban J connectivity index is 1.37. The van der Waals surface area contributed by atoms with Gasteiger partial charge in [0.25, 0.3) is 5.91 Å². The Kier molecular flexibility index (Phi) is 8.35. The number of rotatable bonds is 6. The third-order valence-corrected chi connectivity index (χ3v) is 7.44. The molecule has 3 aromatic heterocycles. The summed E-state index contributed by atoms with van der Waals surface area (Å²) in [6.45, 7) is 6.01. The molecule has 1 saturated heterocycles. The van der Waals surface area contributed by atoms with E-state index in [0.717, 1.165) is 25.8 Å². The number of fused-ring (bicyclic) bond motifs is 1. The molecular formula is C29H33ClN6O6.